The maximum Gasteiger partial charge on any atom is 0.244 e. The number of carbonyl (C=O) groups excluding carboxylic acids is 2. The summed E-state index contributed by atoms with van der Waals surface area (Å²) in [5.41, 5.74) is 4.74. The minimum Gasteiger partial charge on any atom is -0.409 e. The molecular weight excluding hydrogens is 264 g/mol. The maximum atomic E-state index is 12.8. The Hall–Kier alpha value is -1.83. The highest BCUT2D eigenvalue weighted by Gasteiger charge is 2.52. The summed E-state index contributed by atoms with van der Waals surface area (Å²) >= 11 is 0. The molecule has 20 heavy (non-hydrogen) atoms. The fourth-order valence-electron chi connectivity index (χ4n) is 2.71. The van der Waals surface area contributed by atoms with Gasteiger partial charge in [-0.3, -0.25) is 9.59 Å². The third kappa shape index (κ3) is 2.20. The van der Waals surface area contributed by atoms with E-state index in [1.54, 1.807) is 0 Å². The highest BCUT2D eigenvalue weighted by atomic mass is 16.5. The van der Waals surface area contributed by atoms with Crippen molar-refractivity contribution in [2.75, 3.05) is 26.8 Å². The molecule has 4 N–H and O–H groups in total. The van der Waals surface area contributed by atoms with Crippen molar-refractivity contribution >= 4 is 17.6 Å². The third-order valence-electron chi connectivity index (χ3n) is 4.15. The highest BCUT2D eigenvalue weighted by Crippen LogP contribution is 2.43. The van der Waals surface area contributed by atoms with E-state index in [4.69, 9.17) is 15.7 Å². The van der Waals surface area contributed by atoms with Gasteiger partial charge in [-0.05, 0) is 12.8 Å². The Morgan fingerprint density at radius 2 is 2.20 bits per heavy atom. The number of rotatable bonds is 3. The van der Waals surface area contributed by atoms with Crippen LogP contribution in [-0.2, 0) is 14.3 Å². The van der Waals surface area contributed by atoms with E-state index >= 15 is 0 Å². The Bertz CT molecular complexity index is 433. The van der Waals surface area contributed by atoms with E-state index in [0.717, 1.165) is 6.42 Å². The van der Waals surface area contributed by atoms with Gasteiger partial charge in [0.05, 0.1) is 13.2 Å². The van der Waals surface area contributed by atoms with Gasteiger partial charge < -0.3 is 25.9 Å². The average Bonchev–Trinajstić information content (AvgIpc) is 2.44. The minimum absolute atomic E-state index is 0.0732. The number of amides is 2. The molecule has 2 rings (SSSR count). The van der Waals surface area contributed by atoms with Crippen LogP contribution in [0.1, 0.15) is 19.3 Å². The second kappa shape index (κ2) is 5.66. The van der Waals surface area contributed by atoms with Crippen LogP contribution in [0.5, 0.6) is 0 Å². The SMILES string of the molecule is CNC(=O)C1COCCN1C(=O)C1(C(N)=NO)CCC1. The van der Waals surface area contributed by atoms with Crippen LogP contribution in [0.4, 0.5) is 0 Å². The van der Waals surface area contributed by atoms with Gasteiger partial charge in [0.15, 0.2) is 5.84 Å². The number of morpholine rings is 1. The van der Waals surface area contributed by atoms with E-state index in [1.807, 2.05) is 0 Å². The first-order valence-corrected chi connectivity index (χ1v) is 6.65. The predicted molar refractivity (Wildman–Crippen MR) is 70.1 cm³/mol. The lowest BCUT2D eigenvalue weighted by atomic mass is 9.66. The van der Waals surface area contributed by atoms with Crippen molar-refractivity contribution in [1.29, 1.82) is 0 Å². The minimum atomic E-state index is -0.960. The standard InChI is InChI=1S/C12H20N4O4/c1-14-9(17)8-7-20-6-5-16(8)11(18)12(3-2-4-12)10(13)15-19/h8,19H,2-7H2,1H3,(H2,13,15)(H,14,17). The van der Waals surface area contributed by atoms with E-state index in [2.05, 4.69) is 10.5 Å². The van der Waals surface area contributed by atoms with Crippen LogP contribution < -0.4 is 11.1 Å². The molecule has 112 valence electrons. The summed E-state index contributed by atoms with van der Waals surface area (Å²) in [7, 11) is 1.52. The first-order valence-electron chi connectivity index (χ1n) is 6.65. The molecule has 1 aliphatic carbocycles. The van der Waals surface area contributed by atoms with Crippen molar-refractivity contribution < 1.29 is 19.5 Å². The Morgan fingerprint density at radius 1 is 1.50 bits per heavy atom. The molecule has 1 heterocycles. The Labute approximate surface area is 116 Å². The summed E-state index contributed by atoms with van der Waals surface area (Å²) in [4.78, 5) is 26.1. The van der Waals surface area contributed by atoms with Crippen molar-refractivity contribution in [3.8, 4) is 0 Å². The second-order valence-electron chi connectivity index (χ2n) is 5.12. The molecule has 1 aliphatic heterocycles. The van der Waals surface area contributed by atoms with E-state index < -0.39 is 11.5 Å². The Balaban J connectivity index is 2.23. The summed E-state index contributed by atoms with van der Waals surface area (Å²) in [5.74, 6) is -0.598. The molecule has 0 spiro atoms. The number of amidine groups is 1. The molecule has 0 bridgehead atoms. The summed E-state index contributed by atoms with van der Waals surface area (Å²) in [6.07, 6.45) is 1.93. The van der Waals surface area contributed by atoms with Crippen molar-refractivity contribution in [2.24, 2.45) is 16.3 Å². The number of ether oxygens (including phenoxy) is 1. The maximum absolute atomic E-state index is 12.8. The summed E-state index contributed by atoms with van der Waals surface area (Å²) in [6.45, 7) is 0.876. The molecule has 8 nitrogen and oxygen atoms in total. The van der Waals surface area contributed by atoms with Gasteiger partial charge in [-0.1, -0.05) is 11.6 Å². The van der Waals surface area contributed by atoms with Crippen LogP contribution in [0.2, 0.25) is 0 Å². The number of nitrogens with zero attached hydrogens (tertiary/aromatic N) is 2. The zero-order valence-corrected chi connectivity index (χ0v) is 11.5. The molecule has 1 saturated heterocycles. The normalized spacial score (nSPS) is 25.8. The van der Waals surface area contributed by atoms with Gasteiger partial charge in [0.25, 0.3) is 0 Å². The molecule has 8 heteroatoms. The number of hydrogen-bond acceptors (Lipinski definition) is 5. The Morgan fingerprint density at radius 3 is 2.70 bits per heavy atom. The molecule has 0 aromatic heterocycles. The number of hydrogen-bond donors (Lipinski definition) is 3. The second-order valence-corrected chi connectivity index (χ2v) is 5.12. The first-order chi connectivity index (χ1) is 9.56. The lowest BCUT2D eigenvalue weighted by molar-refractivity contribution is -0.156. The summed E-state index contributed by atoms with van der Waals surface area (Å²) in [6, 6.07) is -0.662. The Kier molecular flexibility index (Phi) is 4.12. The number of nitrogens with two attached hydrogens (primary N) is 1. The lowest BCUT2D eigenvalue weighted by Gasteiger charge is -2.45. The molecule has 2 aliphatic rings. The van der Waals surface area contributed by atoms with Gasteiger partial charge in [-0.25, -0.2) is 0 Å². The smallest absolute Gasteiger partial charge is 0.244 e. The van der Waals surface area contributed by atoms with E-state index in [-0.39, 0.29) is 24.3 Å². The van der Waals surface area contributed by atoms with Gasteiger partial charge in [-0.15, -0.1) is 0 Å². The van der Waals surface area contributed by atoms with Crippen LogP contribution in [0.25, 0.3) is 0 Å². The fourth-order valence-corrected chi connectivity index (χ4v) is 2.71. The zero-order valence-electron chi connectivity index (χ0n) is 11.5. The molecule has 0 aromatic rings. The van der Waals surface area contributed by atoms with Crippen molar-refractivity contribution in [3.63, 3.8) is 0 Å². The molecular formula is C12H20N4O4. The average molecular weight is 284 g/mol. The number of oxime groups is 1. The van der Waals surface area contributed by atoms with Crippen molar-refractivity contribution in [1.82, 2.24) is 10.2 Å². The van der Waals surface area contributed by atoms with Crippen molar-refractivity contribution in [3.05, 3.63) is 0 Å². The molecule has 1 atom stereocenters. The van der Waals surface area contributed by atoms with Gasteiger partial charge in [0.2, 0.25) is 11.8 Å². The molecule has 2 fully saturated rings. The molecule has 2 amide bonds. The largest absolute Gasteiger partial charge is 0.409 e. The van der Waals surface area contributed by atoms with Gasteiger partial charge >= 0.3 is 0 Å². The first kappa shape index (κ1) is 14.6. The number of nitrogens with one attached hydrogen (secondary N) is 1. The van der Waals surface area contributed by atoms with Crippen LogP contribution >= 0.6 is 0 Å². The monoisotopic (exact) mass is 284 g/mol. The van der Waals surface area contributed by atoms with Gasteiger partial charge in [0.1, 0.15) is 11.5 Å². The predicted octanol–water partition coefficient (Wildman–Crippen LogP) is -1.12. The molecule has 0 radical (unpaired) electrons. The topological polar surface area (TPSA) is 117 Å². The highest BCUT2D eigenvalue weighted by molar-refractivity contribution is 6.08. The van der Waals surface area contributed by atoms with Crippen LogP contribution in [0, 0.1) is 5.41 Å². The summed E-state index contributed by atoms with van der Waals surface area (Å²) in [5, 5.41) is 14.4. The van der Waals surface area contributed by atoms with E-state index in [0.29, 0.717) is 26.0 Å². The molecule has 1 unspecified atom stereocenters. The van der Waals surface area contributed by atoms with E-state index in [1.165, 1.54) is 11.9 Å². The third-order valence-corrected chi connectivity index (χ3v) is 4.15. The van der Waals surface area contributed by atoms with Crippen LogP contribution in [0.15, 0.2) is 5.16 Å². The van der Waals surface area contributed by atoms with Crippen LogP contribution in [-0.4, -0.2) is 60.6 Å². The number of carbonyl (C=O) groups is 2. The van der Waals surface area contributed by atoms with Gasteiger partial charge in [0, 0.05) is 13.6 Å². The van der Waals surface area contributed by atoms with Gasteiger partial charge in [-0.2, -0.15) is 0 Å². The molecule has 1 saturated carbocycles. The number of likely N-dealkylation sites (N-methyl/N-ethyl adjacent to an activating group) is 1. The lowest BCUT2D eigenvalue weighted by Crippen LogP contribution is -2.62. The van der Waals surface area contributed by atoms with Crippen molar-refractivity contribution in [2.45, 2.75) is 25.3 Å². The molecule has 0 aromatic carbocycles. The quantitative estimate of drug-likeness (QED) is 0.262. The van der Waals surface area contributed by atoms with Crippen LogP contribution in [0.3, 0.4) is 0 Å². The van der Waals surface area contributed by atoms with E-state index in [9.17, 15) is 9.59 Å². The fraction of sp³-hybridized carbons (Fsp3) is 0.750. The summed E-state index contributed by atoms with van der Waals surface area (Å²) < 4.78 is 5.27. The zero-order chi connectivity index (χ0) is 14.8.